The van der Waals surface area contributed by atoms with E-state index in [0.717, 1.165) is 55.6 Å². The lowest BCUT2D eigenvalue weighted by molar-refractivity contribution is -0.192. The van der Waals surface area contributed by atoms with Crippen LogP contribution in [0.3, 0.4) is 0 Å². The van der Waals surface area contributed by atoms with E-state index in [2.05, 4.69) is 37.7 Å². The average Bonchev–Trinajstić information content (AvgIpc) is 3.39. The highest BCUT2D eigenvalue weighted by Gasteiger charge is 2.45. The van der Waals surface area contributed by atoms with E-state index in [0.29, 0.717) is 6.04 Å². The number of ether oxygens (including phenoxy) is 1. The molecule has 1 spiro atoms. The number of carbonyl (C=O) groups is 1. The van der Waals surface area contributed by atoms with Gasteiger partial charge in [-0.15, -0.1) is 16.4 Å². The summed E-state index contributed by atoms with van der Waals surface area (Å²) >= 11 is 1.72. The number of anilines is 1. The minimum absolute atomic E-state index is 0.0130. The number of rotatable bonds is 4. The monoisotopic (exact) mass is 459 g/mol. The SMILES string of the molecule is Cc1ccc(NC2COC3(CCN(Cc4csc(C)n4)C3)C2)nn1.O=C(O)C(F)(F)F. The number of aromatic nitrogens is 3. The van der Waals surface area contributed by atoms with Crippen LogP contribution in [-0.2, 0) is 16.1 Å². The smallest absolute Gasteiger partial charge is 0.475 e. The summed E-state index contributed by atoms with van der Waals surface area (Å²) in [5.41, 5.74) is 2.10. The van der Waals surface area contributed by atoms with E-state index in [9.17, 15) is 13.2 Å². The Balaban J connectivity index is 0.000000339. The highest BCUT2D eigenvalue weighted by atomic mass is 32.1. The minimum Gasteiger partial charge on any atom is -0.475 e. The normalized spacial score (nSPS) is 23.6. The van der Waals surface area contributed by atoms with Crippen molar-refractivity contribution in [3.8, 4) is 0 Å². The molecule has 4 rings (SSSR count). The molecular formula is C19H24F3N5O3S. The summed E-state index contributed by atoms with van der Waals surface area (Å²) in [5, 5.41) is 22.2. The molecular weight excluding hydrogens is 435 g/mol. The number of halogens is 3. The van der Waals surface area contributed by atoms with E-state index in [1.807, 2.05) is 19.1 Å². The third-order valence-electron chi connectivity index (χ3n) is 5.05. The Bertz CT molecular complexity index is 893. The van der Waals surface area contributed by atoms with E-state index < -0.39 is 12.1 Å². The minimum atomic E-state index is -5.08. The molecule has 0 amide bonds. The summed E-state index contributed by atoms with van der Waals surface area (Å²) in [6, 6.07) is 4.27. The fraction of sp³-hybridized carbons (Fsp3) is 0.579. The fourth-order valence-corrected chi connectivity index (χ4v) is 4.28. The molecule has 2 aromatic heterocycles. The van der Waals surface area contributed by atoms with Crippen molar-refractivity contribution >= 4 is 23.1 Å². The zero-order valence-electron chi connectivity index (χ0n) is 17.1. The van der Waals surface area contributed by atoms with Crippen molar-refractivity contribution in [2.75, 3.05) is 25.0 Å². The largest absolute Gasteiger partial charge is 0.490 e. The zero-order valence-corrected chi connectivity index (χ0v) is 18.0. The average molecular weight is 459 g/mol. The molecule has 0 saturated carbocycles. The van der Waals surface area contributed by atoms with Gasteiger partial charge in [-0.25, -0.2) is 9.78 Å². The Kier molecular flexibility index (Phi) is 7.12. The quantitative estimate of drug-likeness (QED) is 0.720. The summed E-state index contributed by atoms with van der Waals surface area (Å²) < 4.78 is 37.9. The van der Waals surface area contributed by atoms with Crippen molar-refractivity contribution in [1.82, 2.24) is 20.1 Å². The van der Waals surface area contributed by atoms with E-state index in [-0.39, 0.29) is 5.60 Å². The maximum atomic E-state index is 10.6. The predicted octanol–water partition coefficient (Wildman–Crippen LogP) is 3.03. The van der Waals surface area contributed by atoms with Crippen LogP contribution in [0.5, 0.6) is 0 Å². The lowest BCUT2D eigenvalue weighted by atomic mass is 9.97. The molecule has 31 heavy (non-hydrogen) atoms. The van der Waals surface area contributed by atoms with Crippen LogP contribution in [0.2, 0.25) is 0 Å². The fourth-order valence-electron chi connectivity index (χ4n) is 3.68. The number of thiazole rings is 1. The molecule has 0 bridgehead atoms. The molecule has 2 aliphatic heterocycles. The molecule has 0 aliphatic carbocycles. The topological polar surface area (TPSA) is 100 Å². The molecule has 2 fully saturated rings. The highest BCUT2D eigenvalue weighted by Crippen LogP contribution is 2.36. The van der Waals surface area contributed by atoms with Crippen LogP contribution in [0, 0.1) is 13.8 Å². The molecule has 2 aromatic rings. The second-order valence-electron chi connectivity index (χ2n) is 7.72. The third kappa shape index (κ3) is 6.58. The molecule has 2 saturated heterocycles. The van der Waals surface area contributed by atoms with Gasteiger partial charge in [0.2, 0.25) is 0 Å². The van der Waals surface area contributed by atoms with Crippen molar-refractivity contribution < 1.29 is 27.8 Å². The van der Waals surface area contributed by atoms with Gasteiger partial charge in [-0.1, -0.05) is 0 Å². The van der Waals surface area contributed by atoms with Gasteiger partial charge in [0.25, 0.3) is 0 Å². The van der Waals surface area contributed by atoms with E-state index in [4.69, 9.17) is 14.6 Å². The third-order valence-corrected chi connectivity index (χ3v) is 5.87. The van der Waals surface area contributed by atoms with Gasteiger partial charge in [-0.3, -0.25) is 4.90 Å². The second kappa shape index (κ2) is 9.45. The first-order valence-electron chi connectivity index (χ1n) is 9.69. The second-order valence-corrected chi connectivity index (χ2v) is 8.78. The van der Waals surface area contributed by atoms with Gasteiger partial charge in [-0.05, 0) is 32.4 Å². The number of aryl methyl sites for hydroxylation is 2. The summed E-state index contributed by atoms with van der Waals surface area (Å²) in [4.78, 5) is 15.9. The van der Waals surface area contributed by atoms with Crippen LogP contribution in [0.4, 0.5) is 19.0 Å². The Morgan fingerprint density at radius 1 is 1.39 bits per heavy atom. The number of hydrogen-bond acceptors (Lipinski definition) is 8. The van der Waals surface area contributed by atoms with Gasteiger partial charge in [0.1, 0.15) is 5.82 Å². The Hall–Kier alpha value is -2.31. The lowest BCUT2D eigenvalue weighted by Gasteiger charge is -2.23. The molecule has 2 atom stereocenters. The van der Waals surface area contributed by atoms with Crippen molar-refractivity contribution in [3.63, 3.8) is 0 Å². The first-order valence-corrected chi connectivity index (χ1v) is 10.6. The Labute approximate surface area is 181 Å². The molecule has 170 valence electrons. The summed E-state index contributed by atoms with van der Waals surface area (Å²) in [7, 11) is 0. The molecule has 8 nitrogen and oxygen atoms in total. The van der Waals surface area contributed by atoms with E-state index >= 15 is 0 Å². The first-order chi connectivity index (χ1) is 14.5. The van der Waals surface area contributed by atoms with Gasteiger partial charge < -0.3 is 15.2 Å². The number of likely N-dealkylation sites (tertiary alicyclic amines) is 1. The molecule has 0 aromatic carbocycles. The van der Waals surface area contributed by atoms with Gasteiger partial charge >= 0.3 is 12.1 Å². The van der Waals surface area contributed by atoms with Gasteiger partial charge in [0.05, 0.1) is 34.6 Å². The van der Waals surface area contributed by atoms with Crippen molar-refractivity contribution in [2.45, 2.75) is 51.1 Å². The van der Waals surface area contributed by atoms with Crippen molar-refractivity contribution in [2.24, 2.45) is 0 Å². The number of carboxylic acids is 1. The number of nitrogens with one attached hydrogen (secondary N) is 1. The van der Waals surface area contributed by atoms with Gasteiger partial charge in [0.15, 0.2) is 0 Å². The summed E-state index contributed by atoms with van der Waals surface area (Å²) in [5.74, 6) is -1.92. The van der Waals surface area contributed by atoms with Gasteiger partial charge in [-0.2, -0.15) is 18.3 Å². The van der Waals surface area contributed by atoms with Crippen LogP contribution in [0.15, 0.2) is 17.5 Å². The Morgan fingerprint density at radius 2 is 2.13 bits per heavy atom. The maximum Gasteiger partial charge on any atom is 0.490 e. The van der Waals surface area contributed by atoms with E-state index in [1.54, 1.807) is 11.3 Å². The van der Waals surface area contributed by atoms with Crippen LogP contribution < -0.4 is 5.32 Å². The summed E-state index contributed by atoms with van der Waals surface area (Å²) in [6.45, 7) is 7.73. The van der Waals surface area contributed by atoms with Crippen LogP contribution in [-0.4, -0.2) is 68.7 Å². The number of carboxylic acid groups (broad SMARTS) is 1. The number of aliphatic carboxylic acids is 1. The molecule has 12 heteroatoms. The molecule has 4 heterocycles. The van der Waals surface area contributed by atoms with E-state index in [1.165, 1.54) is 5.69 Å². The molecule has 2 N–H and O–H groups in total. The van der Waals surface area contributed by atoms with Crippen molar-refractivity contribution in [1.29, 1.82) is 0 Å². The molecule has 2 aliphatic rings. The van der Waals surface area contributed by atoms with Crippen LogP contribution in [0.1, 0.15) is 29.2 Å². The number of hydrogen-bond donors (Lipinski definition) is 2. The zero-order chi connectivity index (χ0) is 22.6. The van der Waals surface area contributed by atoms with Crippen LogP contribution in [0.25, 0.3) is 0 Å². The maximum absolute atomic E-state index is 10.6. The van der Waals surface area contributed by atoms with Crippen LogP contribution >= 0.6 is 11.3 Å². The van der Waals surface area contributed by atoms with Crippen molar-refractivity contribution in [3.05, 3.63) is 33.9 Å². The highest BCUT2D eigenvalue weighted by molar-refractivity contribution is 7.09. The Morgan fingerprint density at radius 3 is 2.71 bits per heavy atom. The molecule has 0 radical (unpaired) electrons. The summed E-state index contributed by atoms with van der Waals surface area (Å²) in [6.07, 6.45) is -2.97. The standard InChI is InChI=1S/C17H23N5OS.C2HF3O2/c1-12-3-4-16(21-20-12)19-14-7-17(23-9-14)5-6-22(11-17)8-15-10-24-13(2)18-15;3-2(4,5)1(6)7/h3-4,10,14H,5-9,11H2,1-2H3,(H,19,21);(H,6,7). The van der Waals surface area contributed by atoms with Gasteiger partial charge in [0, 0.05) is 31.4 Å². The number of alkyl halides is 3. The first kappa shape index (κ1) is 23.4. The number of nitrogens with zero attached hydrogens (tertiary/aromatic N) is 4. The predicted molar refractivity (Wildman–Crippen MR) is 108 cm³/mol. The molecule has 2 unspecified atom stereocenters. The lowest BCUT2D eigenvalue weighted by Crippen LogP contribution is -2.33.